The minimum absolute atomic E-state index is 0.481. The van der Waals surface area contributed by atoms with Gasteiger partial charge in [-0.05, 0) is 24.3 Å². The molecule has 2 heterocycles. The highest BCUT2D eigenvalue weighted by Crippen LogP contribution is 2.27. The van der Waals surface area contributed by atoms with E-state index in [1.807, 2.05) is 47.3 Å². The van der Waals surface area contributed by atoms with Crippen molar-refractivity contribution in [3.8, 4) is 5.69 Å². The maximum atomic E-state index is 5.80. The Bertz CT molecular complexity index is 575. The largest absolute Gasteiger partial charge is 0.409 e. The van der Waals surface area contributed by atoms with Gasteiger partial charge in [0.15, 0.2) is 0 Å². The lowest BCUT2D eigenvalue weighted by atomic mass is 10.1. The molecular weight excluding hydrogens is 188 g/mol. The van der Waals surface area contributed by atoms with Gasteiger partial charge in [-0.25, -0.2) is 0 Å². The third-order valence-electron chi connectivity index (χ3n) is 2.42. The number of hydrogen-bond donors (Lipinski definition) is 1. The number of amidine groups is 1. The van der Waals surface area contributed by atoms with Crippen molar-refractivity contribution >= 4 is 11.5 Å². The molecule has 2 N–H and O–H groups in total. The van der Waals surface area contributed by atoms with Crippen LogP contribution in [-0.4, -0.2) is 15.2 Å². The molecule has 1 aliphatic heterocycles. The molecule has 1 aromatic heterocycles. The Kier molecular flexibility index (Phi) is 1.52. The summed E-state index contributed by atoms with van der Waals surface area (Å²) in [5.41, 5.74) is 8.55. The second-order valence-corrected chi connectivity index (χ2v) is 3.35. The summed E-state index contributed by atoms with van der Waals surface area (Å²) in [6.45, 7) is 0. The van der Waals surface area contributed by atoms with Crippen molar-refractivity contribution in [2.24, 2.45) is 10.8 Å². The first kappa shape index (κ1) is 8.03. The average Bonchev–Trinajstić information content (AvgIpc) is 2.88. The van der Waals surface area contributed by atoms with E-state index in [4.69, 9.17) is 5.73 Å². The molecule has 72 valence electrons. The molecule has 15 heavy (non-hydrogen) atoms. The third-order valence-corrected chi connectivity index (χ3v) is 2.42. The van der Waals surface area contributed by atoms with Crippen LogP contribution in [0, 0.1) is 0 Å². The molecule has 0 fully saturated rings. The van der Waals surface area contributed by atoms with Crippen LogP contribution in [-0.2, 0) is 0 Å². The van der Waals surface area contributed by atoms with Crippen molar-refractivity contribution < 1.29 is 4.79 Å². The Hall–Kier alpha value is -2.32. The molecular formula is C11H9N4+. The van der Waals surface area contributed by atoms with Crippen LogP contribution in [0.3, 0.4) is 0 Å². The summed E-state index contributed by atoms with van der Waals surface area (Å²) in [6, 6.07) is 9.80. The van der Waals surface area contributed by atoms with Gasteiger partial charge in [0.05, 0.1) is 5.69 Å². The van der Waals surface area contributed by atoms with Crippen molar-refractivity contribution in [1.29, 1.82) is 0 Å². The highest BCUT2D eigenvalue weighted by atomic mass is 15.1. The van der Waals surface area contributed by atoms with Crippen LogP contribution in [0.15, 0.2) is 47.8 Å². The summed E-state index contributed by atoms with van der Waals surface area (Å²) in [6.07, 6.45) is 3.95. The van der Waals surface area contributed by atoms with Gasteiger partial charge in [0.1, 0.15) is 11.3 Å². The van der Waals surface area contributed by atoms with Gasteiger partial charge in [-0.15, -0.1) is 0 Å². The van der Waals surface area contributed by atoms with Crippen LogP contribution in [0.25, 0.3) is 5.69 Å². The van der Waals surface area contributed by atoms with Gasteiger partial charge >= 0.3 is 5.84 Å². The Morgan fingerprint density at radius 2 is 1.93 bits per heavy atom. The van der Waals surface area contributed by atoms with Gasteiger partial charge in [-0.2, -0.15) is 0 Å². The second kappa shape index (κ2) is 2.83. The molecule has 2 aromatic rings. The molecule has 3 rings (SSSR count). The molecule has 4 heteroatoms. The van der Waals surface area contributed by atoms with Gasteiger partial charge in [0.25, 0.3) is 0 Å². The van der Waals surface area contributed by atoms with Crippen molar-refractivity contribution in [2.45, 2.75) is 0 Å². The van der Waals surface area contributed by atoms with E-state index in [0.717, 1.165) is 16.9 Å². The maximum absolute atomic E-state index is 5.80. The van der Waals surface area contributed by atoms with E-state index < -0.39 is 0 Å². The fourth-order valence-corrected chi connectivity index (χ4v) is 1.74. The zero-order chi connectivity index (χ0) is 10.3. The van der Waals surface area contributed by atoms with Crippen LogP contribution in [0.4, 0.5) is 5.69 Å². The number of nitrogens with zero attached hydrogens (tertiary/aromatic N) is 3. The molecule has 0 saturated carbocycles. The predicted molar refractivity (Wildman–Crippen MR) is 56.4 cm³/mol. The van der Waals surface area contributed by atoms with Gasteiger partial charge < -0.3 is 4.57 Å². The van der Waals surface area contributed by atoms with Crippen molar-refractivity contribution in [2.75, 3.05) is 0 Å². The Morgan fingerprint density at radius 3 is 2.73 bits per heavy atom. The molecule has 1 aromatic carbocycles. The van der Waals surface area contributed by atoms with Crippen LogP contribution >= 0.6 is 0 Å². The summed E-state index contributed by atoms with van der Waals surface area (Å²) in [4.78, 5) is 3.88. The van der Waals surface area contributed by atoms with Crippen LogP contribution in [0.2, 0.25) is 0 Å². The van der Waals surface area contributed by atoms with Crippen LogP contribution in [0.1, 0.15) is 5.56 Å². The fourth-order valence-electron chi connectivity index (χ4n) is 1.74. The average molecular weight is 197 g/mol. The van der Waals surface area contributed by atoms with E-state index in [1.165, 1.54) is 0 Å². The lowest BCUT2D eigenvalue weighted by molar-refractivity contribution is -0.0719. The van der Waals surface area contributed by atoms with Crippen LogP contribution in [0.5, 0.6) is 0 Å². The Balaban J connectivity index is 2.28. The van der Waals surface area contributed by atoms with Gasteiger partial charge in [0, 0.05) is 17.5 Å². The smallest absolute Gasteiger partial charge is 0.323 e. The standard InChI is InChI=1S/C11H8N4/c12-11-10-8(13-14-11)4-3-5-9(10)15-6-1-2-7-15/h1-7,12H/p+1. The molecule has 1 aliphatic rings. The minimum atomic E-state index is 0.481. The lowest BCUT2D eigenvalue weighted by Crippen LogP contribution is -2.14. The zero-order valence-electron chi connectivity index (χ0n) is 7.96. The molecule has 0 saturated heterocycles. The van der Waals surface area contributed by atoms with Crippen LogP contribution < -0.4 is 5.73 Å². The van der Waals surface area contributed by atoms with Crippen molar-refractivity contribution in [3.63, 3.8) is 0 Å². The molecule has 0 atom stereocenters. The Labute approximate surface area is 86.4 Å². The van der Waals surface area contributed by atoms with Crippen molar-refractivity contribution in [3.05, 3.63) is 48.3 Å². The first-order valence-corrected chi connectivity index (χ1v) is 4.67. The highest BCUT2D eigenvalue weighted by molar-refractivity contribution is 6.02. The number of benzene rings is 1. The molecule has 4 nitrogen and oxygen atoms in total. The summed E-state index contributed by atoms with van der Waals surface area (Å²) < 4.78 is 2.00. The van der Waals surface area contributed by atoms with E-state index >= 15 is 0 Å². The maximum Gasteiger partial charge on any atom is 0.409 e. The summed E-state index contributed by atoms with van der Waals surface area (Å²) >= 11 is 0. The molecule has 0 unspecified atom stereocenters. The molecule has 0 spiro atoms. The Morgan fingerprint density at radius 1 is 1.13 bits per heavy atom. The van der Waals surface area contributed by atoms with E-state index in [2.05, 4.69) is 9.90 Å². The quantitative estimate of drug-likeness (QED) is 0.692. The van der Waals surface area contributed by atoms with Gasteiger partial charge in [-0.1, -0.05) is 10.9 Å². The van der Waals surface area contributed by atoms with E-state index in [1.54, 1.807) is 0 Å². The highest BCUT2D eigenvalue weighted by Gasteiger charge is 2.24. The second-order valence-electron chi connectivity index (χ2n) is 3.35. The predicted octanol–water partition coefficient (Wildman–Crippen LogP) is 1.49. The monoisotopic (exact) mass is 197 g/mol. The lowest BCUT2D eigenvalue weighted by Gasteiger charge is -2.04. The van der Waals surface area contributed by atoms with E-state index in [0.29, 0.717) is 5.84 Å². The minimum Gasteiger partial charge on any atom is -0.323 e. The fraction of sp³-hybridized carbons (Fsp3) is 0. The summed E-state index contributed by atoms with van der Waals surface area (Å²) in [5, 5.41) is 4.00. The third kappa shape index (κ3) is 1.09. The number of aromatic nitrogens is 1. The summed E-state index contributed by atoms with van der Waals surface area (Å²) in [5.74, 6) is 0.481. The number of fused-ring (bicyclic) bond motifs is 1. The SMILES string of the molecule is NC1=[N+]=Nc2cccc(-n3cccc3)c21. The molecule has 0 bridgehead atoms. The number of nitrogens with two attached hydrogens (primary N) is 1. The topological polar surface area (TPSA) is 57.4 Å². The molecule has 0 radical (unpaired) electrons. The number of rotatable bonds is 1. The zero-order valence-corrected chi connectivity index (χ0v) is 7.96. The van der Waals surface area contributed by atoms with E-state index in [-0.39, 0.29) is 0 Å². The first-order valence-electron chi connectivity index (χ1n) is 4.67. The molecule has 0 amide bonds. The van der Waals surface area contributed by atoms with E-state index in [9.17, 15) is 0 Å². The van der Waals surface area contributed by atoms with Gasteiger partial charge in [-0.3, -0.25) is 5.73 Å². The number of hydrogen-bond acceptors (Lipinski definition) is 2. The van der Waals surface area contributed by atoms with Crippen molar-refractivity contribution in [1.82, 2.24) is 4.57 Å². The summed E-state index contributed by atoms with van der Waals surface area (Å²) in [7, 11) is 0. The first-order chi connectivity index (χ1) is 7.36. The molecule has 0 aliphatic carbocycles. The normalized spacial score (nSPS) is 12.7. The van der Waals surface area contributed by atoms with Gasteiger partial charge in [0.2, 0.25) is 0 Å².